The minimum atomic E-state index is -4.27. The van der Waals surface area contributed by atoms with E-state index in [-0.39, 0.29) is 38.0 Å². The molecule has 0 saturated heterocycles. The SMILES string of the molecule is C=CCC(CC)(CCOC(=O)C(=C)C)C(=O)OCCCC(F)(F)F. The monoisotopic (exact) mass is 350 g/mol. The number of ether oxygens (including phenoxy) is 2. The van der Waals surface area contributed by atoms with Crippen LogP contribution in [-0.4, -0.2) is 31.3 Å². The van der Waals surface area contributed by atoms with E-state index in [1.807, 2.05) is 0 Å². The maximum absolute atomic E-state index is 12.3. The number of allylic oxidation sites excluding steroid dienone is 1. The highest BCUT2D eigenvalue weighted by atomic mass is 19.4. The quantitative estimate of drug-likeness (QED) is 0.241. The van der Waals surface area contributed by atoms with E-state index >= 15 is 0 Å². The number of carbonyl (C=O) groups is 2. The third-order valence-corrected chi connectivity index (χ3v) is 3.64. The van der Waals surface area contributed by atoms with Crippen LogP contribution in [0.4, 0.5) is 13.2 Å². The maximum Gasteiger partial charge on any atom is 0.389 e. The predicted molar refractivity (Wildman–Crippen MR) is 84.2 cm³/mol. The second-order valence-electron chi connectivity index (χ2n) is 5.65. The van der Waals surface area contributed by atoms with Gasteiger partial charge in [-0.1, -0.05) is 19.6 Å². The number of carbonyl (C=O) groups excluding carboxylic acids is 2. The minimum absolute atomic E-state index is 0.00890. The Hall–Kier alpha value is -1.79. The summed E-state index contributed by atoms with van der Waals surface area (Å²) >= 11 is 0. The average Bonchev–Trinajstić information content (AvgIpc) is 2.49. The highest BCUT2D eigenvalue weighted by Gasteiger charge is 2.37. The molecule has 0 amide bonds. The van der Waals surface area contributed by atoms with E-state index in [9.17, 15) is 22.8 Å². The van der Waals surface area contributed by atoms with E-state index in [4.69, 9.17) is 9.47 Å². The van der Waals surface area contributed by atoms with Crippen LogP contribution in [0.2, 0.25) is 0 Å². The van der Waals surface area contributed by atoms with Gasteiger partial charge >= 0.3 is 18.1 Å². The van der Waals surface area contributed by atoms with E-state index in [2.05, 4.69) is 13.2 Å². The van der Waals surface area contributed by atoms with Gasteiger partial charge in [-0.15, -0.1) is 6.58 Å². The Bertz CT molecular complexity index is 457. The number of hydrogen-bond donors (Lipinski definition) is 0. The van der Waals surface area contributed by atoms with Gasteiger partial charge in [0.2, 0.25) is 0 Å². The molecular formula is C17H25F3O4. The minimum Gasteiger partial charge on any atom is -0.465 e. The Morgan fingerprint density at radius 2 is 1.75 bits per heavy atom. The van der Waals surface area contributed by atoms with Gasteiger partial charge in [-0.3, -0.25) is 4.79 Å². The summed E-state index contributed by atoms with van der Waals surface area (Å²) in [5, 5.41) is 0. The smallest absolute Gasteiger partial charge is 0.389 e. The highest BCUT2D eigenvalue weighted by molar-refractivity contribution is 5.87. The van der Waals surface area contributed by atoms with Gasteiger partial charge in [0.1, 0.15) is 0 Å². The van der Waals surface area contributed by atoms with Gasteiger partial charge in [-0.05, 0) is 32.6 Å². The zero-order valence-corrected chi connectivity index (χ0v) is 14.2. The predicted octanol–water partition coefficient (Wildman–Crippen LogP) is 4.35. The molecule has 0 N–H and O–H groups in total. The molecule has 0 fully saturated rings. The second kappa shape index (κ2) is 10.2. The molecule has 0 radical (unpaired) electrons. The summed E-state index contributed by atoms with van der Waals surface area (Å²) in [4.78, 5) is 23.7. The molecule has 0 spiro atoms. The molecule has 0 aliphatic carbocycles. The molecule has 0 bridgehead atoms. The zero-order valence-electron chi connectivity index (χ0n) is 14.2. The molecule has 1 atom stereocenters. The van der Waals surface area contributed by atoms with Crippen LogP contribution in [0.15, 0.2) is 24.8 Å². The standard InChI is InChI=1S/C17H25F3O4/c1-5-8-16(6-2,10-12-23-14(21)13(3)4)15(22)24-11-7-9-17(18,19)20/h5H,1,3,6-12H2,2,4H3. The van der Waals surface area contributed by atoms with E-state index in [1.165, 1.54) is 6.92 Å². The first kappa shape index (κ1) is 22.2. The van der Waals surface area contributed by atoms with Gasteiger partial charge in [-0.25, -0.2) is 4.79 Å². The van der Waals surface area contributed by atoms with Gasteiger partial charge in [0.15, 0.2) is 0 Å². The second-order valence-corrected chi connectivity index (χ2v) is 5.65. The van der Waals surface area contributed by atoms with Crippen molar-refractivity contribution < 1.29 is 32.2 Å². The molecule has 0 aliphatic heterocycles. The summed E-state index contributed by atoms with van der Waals surface area (Å²) in [6.45, 7) is 10.0. The molecule has 24 heavy (non-hydrogen) atoms. The molecule has 138 valence electrons. The summed E-state index contributed by atoms with van der Waals surface area (Å²) in [6, 6.07) is 0. The Morgan fingerprint density at radius 1 is 1.12 bits per heavy atom. The number of hydrogen-bond acceptors (Lipinski definition) is 4. The fraction of sp³-hybridized carbons (Fsp3) is 0.647. The first-order valence-electron chi connectivity index (χ1n) is 7.75. The molecule has 0 rings (SSSR count). The molecule has 0 aromatic heterocycles. The maximum atomic E-state index is 12.3. The number of esters is 2. The van der Waals surface area contributed by atoms with E-state index in [1.54, 1.807) is 13.0 Å². The molecule has 4 nitrogen and oxygen atoms in total. The van der Waals surface area contributed by atoms with Crippen molar-refractivity contribution >= 4 is 11.9 Å². The summed E-state index contributed by atoms with van der Waals surface area (Å²) in [6.07, 6.45) is -3.14. The summed E-state index contributed by atoms with van der Waals surface area (Å²) in [5.41, 5.74) is -0.717. The zero-order chi connectivity index (χ0) is 18.8. The van der Waals surface area contributed by atoms with Crippen molar-refractivity contribution in [2.24, 2.45) is 5.41 Å². The lowest BCUT2D eigenvalue weighted by Gasteiger charge is -2.29. The van der Waals surface area contributed by atoms with Crippen molar-refractivity contribution in [2.75, 3.05) is 13.2 Å². The number of alkyl halides is 3. The topological polar surface area (TPSA) is 52.6 Å². The molecule has 1 unspecified atom stereocenters. The van der Waals surface area contributed by atoms with Crippen LogP contribution in [0.1, 0.15) is 46.0 Å². The summed E-state index contributed by atoms with van der Waals surface area (Å²) in [5.74, 6) is -1.16. The first-order valence-corrected chi connectivity index (χ1v) is 7.75. The third-order valence-electron chi connectivity index (χ3n) is 3.64. The van der Waals surface area contributed by atoms with Gasteiger partial charge in [0.05, 0.1) is 18.6 Å². The molecule has 0 aromatic carbocycles. The van der Waals surface area contributed by atoms with Crippen molar-refractivity contribution in [3.8, 4) is 0 Å². The fourth-order valence-electron chi connectivity index (χ4n) is 2.08. The van der Waals surface area contributed by atoms with E-state index < -0.39 is 30.0 Å². The first-order chi connectivity index (χ1) is 11.1. The van der Waals surface area contributed by atoms with Crippen molar-refractivity contribution in [3.63, 3.8) is 0 Å². The normalized spacial score (nSPS) is 13.7. The largest absolute Gasteiger partial charge is 0.465 e. The molecular weight excluding hydrogens is 325 g/mol. The molecule has 0 heterocycles. The van der Waals surface area contributed by atoms with Crippen LogP contribution in [0.5, 0.6) is 0 Å². The molecule has 0 aromatic rings. The summed E-state index contributed by atoms with van der Waals surface area (Å²) < 4.78 is 46.3. The van der Waals surface area contributed by atoms with Crippen molar-refractivity contribution in [3.05, 3.63) is 24.8 Å². The van der Waals surface area contributed by atoms with Crippen LogP contribution in [0.3, 0.4) is 0 Å². The van der Waals surface area contributed by atoms with Crippen molar-refractivity contribution in [1.29, 1.82) is 0 Å². The summed E-state index contributed by atoms with van der Waals surface area (Å²) in [7, 11) is 0. The molecule has 7 heteroatoms. The van der Waals surface area contributed by atoms with Crippen molar-refractivity contribution in [2.45, 2.75) is 52.1 Å². The van der Waals surface area contributed by atoms with Gasteiger partial charge in [0.25, 0.3) is 0 Å². The van der Waals surface area contributed by atoms with Crippen LogP contribution in [0, 0.1) is 5.41 Å². The number of rotatable bonds is 11. The third kappa shape index (κ3) is 8.17. The van der Waals surface area contributed by atoms with E-state index in [0.717, 1.165) is 0 Å². The van der Waals surface area contributed by atoms with Crippen LogP contribution >= 0.6 is 0 Å². The fourth-order valence-corrected chi connectivity index (χ4v) is 2.08. The van der Waals surface area contributed by atoms with Crippen LogP contribution in [0.25, 0.3) is 0 Å². The Kier molecular flexibility index (Phi) is 9.40. The van der Waals surface area contributed by atoms with Gasteiger partial charge in [-0.2, -0.15) is 13.2 Å². The lowest BCUT2D eigenvalue weighted by atomic mass is 9.79. The van der Waals surface area contributed by atoms with Crippen LogP contribution in [-0.2, 0) is 19.1 Å². The van der Waals surface area contributed by atoms with Crippen molar-refractivity contribution in [1.82, 2.24) is 0 Å². The van der Waals surface area contributed by atoms with Crippen LogP contribution < -0.4 is 0 Å². The lowest BCUT2D eigenvalue weighted by Crippen LogP contribution is -2.34. The lowest BCUT2D eigenvalue weighted by molar-refractivity contribution is -0.162. The number of halogens is 3. The molecule has 0 aliphatic rings. The van der Waals surface area contributed by atoms with E-state index in [0.29, 0.717) is 6.42 Å². The highest BCUT2D eigenvalue weighted by Crippen LogP contribution is 2.33. The average molecular weight is 350 g/mol. The Balaban J connectivity index is 4.65. The Labute approximate surface area is 140 Å². The molecule has 0 saturated carbocycles. The van der Waals surface area contributed by atoms with Gasteiger partial charge < -0.3 is 9.47 Å². The Morgan fingerprint density at radius 3 is 2.21 bits per heavy atom. The van der Waals surface area contributed by atoms with Gasteiger partial charge in [0, 0.05) is 12.0 Å².